The number of rotatable bonds is 4. The van der Waals surface area contributed by atoms with Gasteiger partial charge in [-0.2, -0.15) is 0 Å². The molecule has 1 N–H and O–H groups in total. The third-order valence-electron chi connectivity index (χ3n) is 3.86. The zero-order valence-corrected chi connectivity index (χ0v) is 12.2. The molecule has 4 heteroatoms. The molecule has 22 heavy (non-hydrogen) atoms. The van der Waals surface area contributed by atoms with Crippen molar-refractivity contribution in [2.75, 3.05) is 6.61 Å². The lowest BCUT2D eigenvalue weighted by Gasteiger charge is -2.10. The fraction of sp³-hybridized carbons (Fsp3) is 0.167. The van der Waals surface area contributed by atoms with Crippen molar-refractivity contribution < 1.29 is 14.3 Å². The molecule has 1 aromatic heterocycles. The number of fused-ring (bicyclic) bond motifs is 1. The predicted octanol–water partition coefficient (Wildman–Crippen LogP) is 3.31. The molecule has 0 aliphatic carbocycles. The Morgan fingerprint density at radius 3 is 2.68 bits per heavy atom. The molecule has 1 heterocycles. The Morgan fingerprint density at radius 2 is 1.95 bits per heavy atom. The highest BCUT2D eigenvalue weighted by molar-refractivity contribution is 5.96. The van der Waals surface area contributed by atoms with E-state index < -0.39 is 18.2 Å². The van der Waals surface area contributed by atoms with Crippen LogP contribution in [0.15, 0.2) is 48.5 Å². The van der Waals surface area contributed by atoms with Crippen molar-refractivity contribution >= 4 is 16.7 Å². The van der Waals surface area contributed by atoms with Gasteiger partial charge in [-0.25, -0.2) is 4.39 Å². The van der Waals surface area contributed by atoms with Crippen molar-refractivity contribution in [1.29, 1.82) is 0 Å². The number of aromatic nitrogens is 1. The maximum absolute atomic E-state index is 14.2. The number of Topliss-reactive ketones (excluding diaryl/α,β-unsaturated/α-hetero) is 1. The van der Waals surface area contributed by atoms with E-state index in [4.69, 9.17) is 5.11 Å². The first-order valence-electron chi connectivity index (χ1n) is 7.07. The Kier molecular flexibility index (Phi) is 3.77. The van der Waals surface area contributed by atoms with Gasteiger partial charge in [0.1, 0.15) is 12.4 Å². The van der Waals surface area contributed by atoms with Gasteiger partial charge >= 0.3 is 0 Å². The topological polar surface area (TPSA) is 42.2 Å². The van der Waals surface area contributed by atoms with E-state index >= 15 is 0 Å². The van der Waals surface area contributed by atoms with Crippen LogP contribution in [0.25, 0.3) is 10.9 Å². The van der Waals surface area contributed by atoms with Gasteiger partial charge in [-0.1, -0.05) is 30.3 Å². The lowest BCUT2D eigenvalue weighted by atomic mass is 10.1. The molecule has 0 saturated heterocycles. The number of nitrogens with zero attached hydrogens (tertiary/aromatic N) is 1. The van der Waals surface area contributed by atoms with Gasteiger partial charge < -0.3 is 9.67 Å². The van der Waals surface area contributed by atoms with Crippen LogP contribution in [-0.2, 0) is 6.54 Å². The van der Waals surface area contributed by atoms with Crippen molar-refractivity contribution in [2.24, 2.45) is 0 Å². The van der Waals surface area contributed by atoms with Crippen LogP contribution in [0.4, 0.5) is 4.39 Å². The molecule has 0 spiro atoms. The minimum atomic E-state index is -0.611. The van der Waals surface area contributed by atoms with E-state index in [1.165, 1.54) is 6.07 Å². The highest BCUT2D eigenvalue weighted by atomic mass is 19.1. The van der Waals surface area contributed by atoms with Gasteiger partial charge in [0, 0.05) is 22.3 Å². The molecule has 112 valence electrons. The number of carbonyl (C=O) groups is 1. The maximum atomic E-state index is 14.2. The average molecular weight is 297 g/mol. The number of hydrogen-bond donors (Lipinski definition) is 1. The Morgan fingerprint density at radius 1 is 1.18 bits per heavy atom. The number of aliphatic hydroxyl groups excluding tert-OH is 1. The molecule has 0 atom stereocenters. The van der Waals surface area contributed by atoms with Crippen LogP contribution >= 0.6 is 0 Å². The monoisotopic (exact) mass is 297 g/mol. The van der Waals surface area contributed by atoms with E-state index in [0.717, 1.165) is 16.6 Å². The normalized spacial score (nSPS) is 11.0. The second-order valence-electron chi connectivity index (χ2n) is 5.32. The van der Waals surface area contributed by atoms with Crippen LogP contribution in [0, 0.1) is 12.7 Å². The number of hydrogen-bond acceptors (Lipinski definition) is 2. The minimum Gasteiger partial charge on any atom is -0.388 e. The Bertz CT molecular complexity index is 851. The van der Waals surface area contributed by atoms with E-state index in [2.05, 4.69) is 6.07 Å². The number of carbonyl (C=O) groups excluding carboxylic acids is 1. The van der Waals surface area contributed by atoms with E-state index in [-0.39, 0.29) is 5.56 Å². The van der Waals surface area contributed by atoms with Gasteiger partial charge in [0.25, 0.3) is 0 Å². The van der Waals surface area contributed by atoms with Crippen molar-refractivity contribution in [2.45, 2.75) is 13.5 Å². The van der Waals surface area contributed by atoms with Crippen LogP contribution < -0.4 is 0 Å². The molecule has 0 aliphatic heterocycles. The summed E-state index contributed by atoms with van der Waals surface area (Å²) in [6.07, 6.45) is 0. The third kappa shape index (κ3) is 2.53. The third-order valence-corrected chi connectivity index (χ3v) is 3.86. The quantitative estimate of drug-likeness (QED) is 0.751. The fourth-order valence-electron chi connectivity index (χ4n) is 2.67. The fourth-order valence-corrected chi connectivity index (χ4v) is 2.67. The average Bonchev–Trinajstić information content (AvgIpc) is 2.84. The van der Waals surface area contributed by atoms with Crippen LogP contribution in [0.1, 0.15) is 21.6 Å². The molecule has 3 nitrogen and oxygen atoms in total. The highest BCUT2D eigenvalue weighted by Gasteiger charge is 2.11. The number of halogens is 1. The SMILES string of the molecule is Cc1cc2ccccc2n1Cc1ccc(C(=O)CO)cc1F. The molecule has 0 saturated carbocycles. The van der Waals surface area contributed by atoms with E-state index in [1.54, 1.807) is 12.1 Å². The highest BCUT2D eigenvalue weighted by Crippen LogP contribution is 2.22. The summed E-state index contributed by atoms with van der Waals surface area (Å²) in [5.41, 5.74) is 2.81. The van der Waals surface area contributed by atoms with Gasteiger partial charge in [-0.3, -0.25) is 4.79 Å². The molecular weight excluding hydrogens is 281 g/mol. The zero-order chi connectivity index (χ0) is 15.7. The van der Waals surface area contributed by atoms with Gasteiger partial charge in [0.2, 0.25) is 0 Å². The van der Waals surface area contributed by atoms with Crippen LogP contribution in [0.2, 0.25) is 0 Å². The molecule has 0 amide bonds. The number of aryl methyl sites for hydroxylation is 1. The van der Waals surface area contributed by atoms with E-state index in [0.29, 0.717) is 12.1 Å². The second-order valence-corrected chi connectivity index (χ2v) is 5.32. The molecule has 0 aliphatic rings. The van der Waals surface area contributed by atoms with E-state index in [1.807, 2.05) is 35.8 Å². The second kappa shape index (κ2) is 5.73. The molecule has 0 unspecified atom stereocenters. The van der Waals surface area contributed by atoms with Gasteiger partial charge in [-0.05, 0) is 30.5 Å². The van der Waals surface area contributed by atoms with Gasteiger partial charge in [0.15, 0.2) is 5.78 Å². The lowest BCUT2D eigenvalue weighted by Crippen LogP contribution is -2.08. The largest absolute Gasteiger partial charge is 0.388 e. The first kappa shape index (κ1) is 14.5. The van der Waals surface area contributed by atoms with Crippen molar-refractivity contribution in [3.8, 4) is 0 Å². The van der Waals surface area contributed by atoms with Crippen molar-refractivity contribution in [1.82, 2.24) is 4.57 Å². The molecule has 0 fully saturated rings. The van der Waals surface area contributed by atoms with Gasteiger partial charge in [-0.15, -0.1) is 0 Å². The summed E-state index contributed by atoms with van der Waals surface area (Å²) < 4.78 is 16.3. The summed E-state index contributed by atoms with van der Waals surface area (Å²) in [4.78, 5) is 11.4. The van der Waals surface area contributed by atoms with Crippen LogP contribution in [0.5, 0.6) is 0 Å². The Hall–Kier alpha value is -2.46. The molecule has 3 rings (SSSR count). The lowest BCUT2D eigenvalue weighted by molar-refractivity contribution is 0.0903. The molecular formula is C18H16FNO2. The summed E-state index contributed by atoms with van der Waals surface area (Å²) in [7, 11) is 0. The number of para-hydroxylation sites is 1. The van der Waals surface area contributed by atoms with E-state index in [9.17, 15) is 9.18 Å². The minimum absolute atomic E-state index is 0.192. The summed E-state index contributed by atoms with van der Waals surface area (Å²) in [5, 5.41) is 9.95. The van der Waals surface area contributed by atoms with Gasteiger partial charge in [0.05, 0.1) is 6.54 Å². The molecule has 0 radical (unpaired) electrons. The molecule has 3 aromatic rings. The smallest absolute Gasteiger partial charge is 0.188 e. The van der Waals surface area contributed by atoms with Crippen LogP contribution in [0.3, 0.4) is 0 Å². The number of benzene rings is 2. The summed E-state index contributed by atoms with van der Waals surface area (Å²) in [5.74, 6) is -0.912. The molecule has 2 aromatic carbocycles. The standard InChI is InChI=1S/C18H16FNO2/c1-12-8-13-4-2-3-5-17(13)20(12)10-15-7-6-14(9-16(15)19)18(22)11-21/h2-9,21H,10-11H2,1H3. The first-order valence-corrected chi connectivity index (χ1v) is 7.07. The predicted molar refractivity (Wildman–Crippen MR) is 83.6 cm³/mol. The zero-order valence-electron chi connectivity index (χ0n) is 12.2. The Balaban J connectivity index is 1.98. The van der Waals surface area contributed by atoms with Crippen molar-refractivity contribution in [3.05, 3.63) is 71.2 Å². The van der Waals surface area contributed by atoms with Crippen molar-refractivity contribution in [3.63, 3.8) is 0 Å². The summed E-state index contributed by atoms with van der Waals surface area (Å²) in [6.45, 7) is 1.78. The molecule has 0 bridgehead atoms. The maximum Gasteiger partial charge on any atom is 0.188 e. The first-order chi connectivity index (χ1) is 10.6. The summed E-state index contributed by atoms with van der Waals surface area (Å²) >= 11 is 0. The summed E-state index contributed by atoms with van der Waals surface area (Å²) in [6, 6.07) is 14.4. The number of aliphatic hydroxyl groups is 1. The van der Waals surface area contributed by atoms with Crippen LogP contribution in [-0.4, -0.2) is 22.1 Å². The Labute approximate surface area is 127 Å². The number of ketones is 1.